The van der Waals surface area contributed by atoms with Crippen LogP contribution >= 0.6 is 0 Å². The largest absolute Gasteiger partial charge is 0.423 e. The Balaban J connectivity index is 1.87. The fourth-order valence-corrected chi connectivity index (χ4v) is 2.18. The molecule has 0 amide bonds. The number of anilines is 3. The molecule has 3 aromatic rings. The summed E-state index contributed by atoms with van der Waals surface area (Å²) in [5.41, 5.74) is 9.97. The molecule has 2 aromatic carbocycles. The molecule has 0 atom stereocenters. The predicted molar refractivity (Wildman–Crippen MR) is 83.7 cm³/mol. The average Bonchev–Trinajstić information content (AvgIpc) is 2.87. The van der Waals surface area contributed by atoms with Gasteiger partial charge in [0, 0.05) is 24.6 Å². The molecular weight excluding hydrogens is 266 g/mol. The first kappa shape index (κ1) is 13.5. The molecule has 21 heavy (non-hydrogen) atoms. The number of rotatable bonds is 5. The first-order valence-corrected chi connectivity index (χ1v) is 6.76. The van der Waals surface area contributed by atoms with Crippen LogP contribution in [-0.2, 0) is 11.2 Å². The number of nitrogen functional groups attached to an aromatic ring is 1. The first-order valence-electron chi connectivity index (χ1n) is 6.76. The number of fused-ring (bicyclic) bond motifs is 1. The second-order valence-corrected chi connectivity index (χ2v) is 4.77. The van der Waals surface area contributed by atoms with E-state index in [0.29, 0.717) is 23.9 Å². The summed E-state index contributed by atoms with van der Waals surface area (Å²) < 4.78 is 10.8. The van der Waals surface area contributed by atoms with Crippen molar-refractivity contribution in [3.05, 3.63) is 48.0 Å². The molecule has 0 spiro atoms. The summed E-state index contributed by atoms with van der Waals surface area (Å²) in [6.07, 6.45) is 0.826. The number of nitrogens with two attached hydrogens (primary N) is 1. The highest BCUT2D eigenvalue weighted by Gasteiger charge is 2.08. The van der Waals surface area contributed by atoms with E-state index in [1.807, 2.05) is 24.3 Å². The van der Waals surface area contributed by atoms with Crippen LogP contribution in [0.3, 0.4) is 0 Å². The van der Waals surface area contributed by atoms with Crippen LogP contribution < -0.4 is 11.1 Å². The third-order valence-electron chi connectivity index (χ3n) is 3.25. The van der Waals surface area contributed by atoms with Gasteiger partial charge in [0.2, 0.25) is 0 Å². The van der Waals surface area contributed by atoms with Gasteiger partial charge in [-0.15, -0.1) is 0 Å². The molecule has 0 saturated carbocycles. The molecule has 0 aliphatic rings. The molecule has 0 aliphatic heterocycles. The summed E-state index contributed by atoms with van der Waals surface area (Å²) in [6.45, 7) is 0.669. The number of oxazole rings is 1. The lowest BCUT2D eigenvalue weighted by Gasteiger charge is -2.08. The van der Waals surface area contributed by atoms with Crippen molar-refractivity contribution in [2.24, 2.45) is 0 Å². The van der Waals surface area contributed by atoms with E-state index in [-0.39, 0.29) is 0 Å². The SMILES string of the molecule is COCCc1ccccc1Nc1nc2ccc(N)cc2o1. The lowest BCUT2D eigenvalue weighted by Crippen LogP contribution is -2.00. The summed E-state index contributed by atoms with van der Waals surface area (Å²) >= 11 is 0. The minimum Gasteiger partial charge on any atom is -0.423 e. The molecule has 1 heterocycles. The summed E-state index contributed by atoms with van der Waals surface area (Å²) in [5.74, 6) is 0. The Kier molecular flexibility index (Phi) is 3.75. The van der Waals surface area contributed by atoms with E-state index >= 15 is 0 Å². The van der Waals surface area contributed by atoms with Gasteiger partial charge in [0.15, 0.2) is 5.58 Å². The number of aromatic nitrogens is 1. The van der Waals surface area contributed by atoms with Crippen molar-refractivity contribution in [1.29, 1.82) is 0 Å². The summed E-state index contributed by atoms with van der Waals surface area (Å²) in [7, 11) is 1.70. The minimum absolute atomic E-state index is 0.459. The summed E-state index contributed by atoms with van der Waals surface area (Å²) in [4.78, 5) is 4.41. The lowest BCUT2D eigenvalue weighted by atomic mass is 10.1. The van der Waals surface area contributed by atoms with Gasteiger partial charge in [-0.05, 0) is 30.2 Å². The molecule has 0 saturated heterocycles. The lowest BCUT2D eigenvalue weighted by molar-refractivity contribution is 0.202. The molecule has 0 fully saturated rings. The zero-order valence-electron chi connectivity index (χ0n) is 11.8. The van der Waals surface area contributed by atoms with E-state index in [1.165, 1.54) is 0 Å². The highest BCUT2D eigenvalue weighted by atomic mass is 16.5. The number of methoxy groups -OCH3 is 1. The zero-order valence-corrected chi connectivity index (χ0v) is 11.8. The molecular formula is C16H17N3O2. The molecule has 3 rings (SSSR count). The normalized spacial score (nSPS) is 10.9. The number of benzene rings is 2. The van der Waals surface area contributed by atoms with E-state index in [2.05, 4.69) is 16.4 Å². The Labute approximate surface area is 122 Å². The Hall–Kier alpha value is -2.53. The quantitative estimate of drug-likeness (QED) is 0.702. The van der Waals surface area contributed by atoms with Gasteiger partial charge in [-0.1, -0.05) is 18.2 Å². The number of nitrogens with zero attached hydrogens (tertiary/aromatic N) is 1. The van der Waals surface area contributed by atoms with E-state index in [0.717, 1.165) is 23.2 Å². The monoisotopic (exact) mass is 283 g/mol. The fraction of sp³-hybridized carbons (Fsp3) is 0.188. The van der Waals surface area contributed by atoms with Crippen LogP contribution in [0.25, 0.3) is 11.1 Å². The highest BCUT2D eigenvalue weighted by Crippen LogP contribution is 2.25. The van der Waals surface area contributed by atoms with Crippen LogP contribution in [0.5, 0.6) is 0 Å². The van der Waals surface area contributed by atoms with Gasteiger partial charge in [0.25, 0.3) is 6.01 Å². The van der Waals surface area contributed by atoms with Gasteiger partial charge < -0.3 is 20.2 Å². The molecule has 5 heteroatoms. The number of ether oxygens (including phenoxy) is 1. The number of nitrogens with one attached hydrogen (secondary N) is 1. The van der Waals surface area contributed by atoms with Crippen molar-refractivity contribution in [3.8, 4) is 0 Å². The van der Waals surface area contributed by atoms with Crippen molar-refractivity contribution in [3.63, 3.8) is 0 Å². The molecule has 0 aliphatic carbocycles. The van der Waals surface area contributed by atoms with Gasteiger partial charge in [-0.2, -0.15) is 4.98 Å². The second-order valence-electron chi connectivity index (χ2n) is 4.77. The molecule has 0 bridgehead atoms. The van der Waals surface area contributed by atoms with Gasteiger partial charge in [0.1, 0.15) is 5.52 Å². The number of para-hydroxylation sites is 1. The zero-order chi connectivity index (χ0) is 14.7. The van der Waals surface area contributed by atoms with E-state index in [9.17, 15) is 0 Å². The van der Waals surface area contributed by atoms with Crippen LogP contribution in [0.15, 0.2) is 46.9 Å². The standard InChI is InChI=1S/C16H17N3O2/c1-20-9-8-11-4-2-3-5-13(11)18-16-19-14-7-6-12(17)10-15(14)21-16/h2-7,10H,8-9,17H2,1H3,(H,18,19). The number of hydrogen-bond acceptors (Lipinski definition) is 5. The average molecular weight is 283 g/mol. The second kappa shape index (κ2) is 5.85. The predicted octanol–water partition coefficient (Wildman–Crippen LogP) is 3.34. The molecule has 0 unspecified atom stereocenters. The van der Waals surface area contributed by atoms with Crippen molar-refractivity contribution < 1.29 is 9.15 Å². The van der Waals surface area contributed by atoms with Crippen LogP contribution in [0.4, 0.5) is 17.4 Å². The van der Waals surface area contributed by atoms with E-state index in [1.54, 1.807) is 19.2 Å². The fourth-order valence-electron chi connectivity index (χ4n) is 2.18. The van der Waals surface area contributed by atoms with Gasteiger partial charge in [-0.3, -0.25) is 0 Å². The van der Waals surface area contributed by atoms with Crippen molar-refractivity contribution in [2.45, 2.75) is 6.42 Å². The molecule has 108 valence electrons. The van der Waals surface area contributed by atoms with E-state index < -0.39 is 0 Å². The molecule has 0 radical (unpaired) electrons. The summed E-state index contributed by atoms with van der Waals surface area (Å²) in [6, 6.07) is 13.9. The maximum absolute atomic E-state index is 5.74. The van der Waals surface area contributed by atoms with Gasteiger partial charge >= 0.3 is 0 Å². The maximum Gasteiger partial charge on any atom is 0.300 e. The Bertz CT molecular complexity index is 752. The Morgan fingerprint density at radius 3 is 2.95 bits per heavy atom. The van der Waals surface area contributed by atoms with Crippen LogP contribution in [0.1, 0.15) is 5.56 Å². The highest BCUT2D eigenvalue weighted by molar-refractivity contribution is 5.78. The maximum atomic E-state index is 5.74. The van der Waals surface area contributed by atoms with Crippen molar-refractivity contribution >= 4 is 28.5 Å². The Morgan fingerprint density at radius 1 is 1.24 bits per heavy atom. The summed E-state index contributed by atoms with van der Waals surface area (Å²) in [5, 5.41) is 3.22. The van der Waals surface area contributed by atoms with Gasteiger partial charge in [0.05, 0.1) is 6.61 Å². The topological polar surface area (TPSA) is 73.3 Å². The third kappa shape index (κ3) is 2.98. The van der Waals surface area contributed by atoms with Crippen molar-refractivity contribution in [1.82, 2.24) is 4.98 Å². The number of hydrogen-bond donors (Lipinski definition) is 2. The molecule has 5 nitrogen and oxygen atoms in total. The van der Waals surface area contributed by atoms with Crippen LogP contribution in [0, 0.1) is 0 Å². The minimum atomic E-state index is 0.459. The third-order valence-corrected chi connectivity index (χ3v) is 3.25. The first-order chi connectivity index (χ1) is 10.3. The Morgan fingerprint density at radius 2 is 2.10 bits per heavy atom. The molecule has 1 aromatic heterocycles. The van der Waals surface area contributed by atoms with E-state index in [4.69, 9.17) is 14.9 Å². The van der Waals surface area contributed by atoms with Gasteiger partial charge in [-0.25, -0.2) is 0 Å². The van der Waals surface area contributed by atoms with Crippen molar-refractivity contribution in [2.75, 3.05) is 24.8 Å². The smallest absolute Gasteiger partial charge is 0.300 e. The van der Waals surface area contributed by atoms with Crippen LogP contribution in [-0.4, -0.2) is 18.7 Å². The van der Waals surface area contributed by atoms with Crippen LogP contribution in [0.2, 0.25) is 0 Å². The molecule has 3 N–H and O–H groups in total.